The molecule has 0 saturated heterocycles. The van der Waals surface area contributed by atoms with E-state index in [1.165, 1.54) is 18.4 Å². The molecule has 1 fully saturated rings. The van der Waals surface area contributed by atoms with Crippen molar-refractivity contribution >= 4 is 11.6 Å². The summed E-state index contributed by atoms with van der Waals surface area (Å²) in [5.74, 6) is 1.78. The fourth-order valence-corrected chi connectivity index (χ4v) is 3.20. The molecular weight excluding hydrogens is 258 g/mol. The zero-order valence-electron chi connectivity index (χ0n) is 11.7. The minimum atomic E-state index is 0.261. The van der Waals surface area contributed by atoms with E-state index >= 15 is 0 Å². The molecule has 1 N–H and O–H groups in total. The standard InChI is InChI=1S/C16H22ClNO/c1-11(2)16(5-6-16)10-18-9-14-8-12-7-13(17)3-4-15(12)19-14/h3-4,7,11,14,18H,5-6,8-10H2,1-2H3. The maximum Gasteiger partial charge on any atom is 0.123 e. The Labute approximate surface area is 120 Å². The second-order valence-corrected chi connectivity index (χ2v) is 6.78. The summed E-state index contributed by atoms with van der Waals surface area (Å²) in [7, 11) is 0. The molecule has 1 atom stereocenters. The number of fused-ring (bicyclic) bond motifs is 1. The molecule has 0 amide bonds. The molecule has 2 aliphatic rings. The molecule has 1 aliphatic carbocycles. The van der Waals surface area contributed by atoms with Gasteiger partial charge in [0.1, 0.15) is 11.9 Å². The summed E-state index contributed by atoms with van der Waals surface area (Å²) in [6, 6.07) is 5.90. The first kappa shape index (κ1) is 13.3. The SMILES string of the molecule is CC(C)C1(CNCC2Cc3cc(Cl)ccc3O2)CC1. The van der Waals surface area contributed by atoms with Crippen molar-refractivity contribution in [3.63, 3.8) is 0 Å². The van der Waals surface area contributed by atoms with Crippen molar-refractivity contribution in [2.45, 2.75) is 39.2 Å². The average molecular weight is 280 g/mol. The molecule has 2 nitrogen and oxygen atoms in total. The summed E-state index contributed by atoms with van der Waals surface area (Å²) in [4.78, 5) is 0. The van der Waals surface area contributed by atoms with E-state index in [-0.39, 0.29) is 6.10 Å². The van der Waals surface area contributed by atoms with Gasteiger partial charge in [-0.25, -0.2) is 0 Å². The summed E-state index contributed by atoms with van der Waals surface area (Å²) >= 11 is 6.01. The quantitative estimate of drug-likeness (QED) is 0.888. The molecule has 1 heterocycles. The van der Waals surface area contributed by atoms with Crippen LogP contribution in [0, 0.1) is 11.3 Å². The summed E-state index contributed by atoms with van der Waals surface area (Å²) in [5.41, 5.74) is 1.80. The van der Waals surface area contributed by atoms with Crippen LogP contribution in [0.3, 0.4) is 0 Å². The van der Waals surface area contributed by atoms with Crippen LogP contribution in [0.25, 0.3) is 0 Å². The van der Waals surface area contributed by atoms with Gasteiger partial charge in [0.2, 0.25) is 0 Å². The molecule has 19 heavy (non-hydrogen) atoms. The molecule has 0 bridgehead atoms. The van der Waals surface area contributed by atoms with E-state index in [4.69, 9.17) is 16.3 Å². The van der Waals surface area contributed by atoms with Crippen molar-refractivity contribution < 1.29 is 4.74 Å². The lowest BCUT2D eigenvalue weighted by Gasteiger charge is -2.21. The van der Waals surface area contributed by atoms with E-state index in [0.29, 0.717) is 5.41 Å². The minimum Gasteiger partial charge on any atom is -0.488 e. The predicted molar refractivity (Wildman–Crippen MR) is 78.9 cm³/mol. The monoisotopic (exact) mass is 279 g/mol. The van der Waals surface area contributed by atoms with Crippen LogP contribution in [0.1, 0.15) is 32.3 Å². The summed E-state index contributed by atoms with van der Waals surface area (Å²) in [6.07, 6.45) is 3.98. The van der Waals surface area contributed by atoms with Gasteiger partial charge in [-0.2, -0.15) is 0 Å². The Hall–Kier alpha value is -0.730. The molecule has 0 aromatic heterocycles. The molecule has 1 unspecified atom stereocenters. The lowest BCUT2D eigenvalue weighted by Crippen LogP contribution is -2.35. The third-order valence-corrected chi connectivity index (χ3v) is 4.96. The molecule has 1 aromatic rings. The van der Waals surface area contributed by atoms with E-state index in [1.807, 2.05) is 18.2 Å². The van der Waals surface area contributed by atoms with E-state index in [1.54, 1.807) is 0 Å². The Morgan fingerprint density at radius 3 is 2.89 bits per heavy atom. The Kier molecular flexibility index (Phi) is 3.48. The van der Waals surface area contributed by atoms with Crippen molar-refractivity contribution in [1.29, 1.82) is 0 Å². The lowest BCUT2D eigenvalue weighted by atomic mass is 9.92. The normalized spacial score (nSPS) is 23.3. The van der Waals surface area contributed by atoms with Gasteiger partial charge in [-0.05, 0) is 47.9 Å². The van der Waals surface area contributed by atoms with Crippen molar-refractivity contribution in [2.24, 2.45) is 11.3 Å². The fraction of sp³-hybridized carbons (Fsp3) is 0.625. The van der Waals surface area contributed by atoms with Crippen LogP contribution in [-0.2, 0) is 6.42 Å². The number of halogens is 1. The largest absolute Gasteiger partial charge is 0.488 e. The number of hydrogen-bond acceptors (Lipinski definition) is 2. The molecule has 0 spiro atoms. The van der Waals surface area contributed by atoms with Crippen LogP contribution in [0.4, 0.5) is 0 Å². The lowest BCUT2D eigenvalue weighted by molar-refractivity contribution is 0.218. The highest BCUT2D eigenvalue weighted by Gasteiger charge is 2.44. The summed E-state index contributed by atoms with van der Waals surface area (Å²) in [5, 5.41) is 4.40. The van der Waals surface area contributed by atoms with Crippen LogP contribution in [-0.4, -0.2) is 19.2 Å². The van der Waals surface area contributed by atoms with Gasteiger partial charge in [0, 0.05) is 24.5 Å². The summed E-state index contributed by atoms with van der Waals surface area (Å²) in [6.45, 7) is 6.72. The third-order valence-electron chi connectivity index (χ3n) is 4.73. The van der Waals surface area contributed by atoms with Crippen molar-refractivity contribution in [2.75, 3.05) is 13.1 Å². The Morgan fingerprint density at radius 1 is 1.42 bits per heavy atom. The molecule has 0 radical (unpaired) electrons. The van der Waals surface area contributed by atoms with Gasteiger partial charge < -0.3 is 10.1 Å². The van der Waals surface area contributed by atoms with Crippen molar-refractivity contribution in [1.82, 2.24) is 5.32 Å². The summed E-state index contributed by atoms with van der Waals surface area (Å²) < 4.78 is 5.94. The van der Waals surface area contributed by atoms with Crippen LogP contribution < -0.4 is 10.1 Å². The number of hydrogen-bond donors (Lipinski definition) is 1. The van der Waals surface area contributed by atoms with Gasteiger partial charge >= 0.3 is 0 Å². The van der Waals surface area contributed by atoms with Gasteiger partial charge in [-0.1, -0.05) is 25.4 Å². The molecule has 1 aliphatic heterocycles. The second kappa shape index (κ2) is 4.99. The van der Waals surface area contributed by atoms with Crippen LogP contribution in [0.2, 0.25) is 5.02 Å². The third kappa shape index (κ3) is 2.75. The highest BCUT2D eigenvalue weighted by Crippen LogP contribution is 2.51. The van der Waals surface area contributed by atoms with Gasteiger partial charge in [0.05, 0.1) is 0 Å². The van der Waals surface area contributed by atoms with Crippen LogP contribution >= 0.6 is 11.6 Å². The van der Waals surface area contributed by atoms with E-state index < -0.39 is 0 Å². The maximum atomic E-state index is 6.01. The minimum absolute atomic E-state index is 0.261. The number of ether oxygens (including phenoxy) is 1. The average Bonchev–Trinajstić information content (AvgIpc) is 3.04. The first-order valence-electron chi connectivity index (χ1n) is 7.25. The predicted octanol–water partition coefficient (Wildman–Crippen LogP) is 3.67. The van der Waals surface area contributed by atoms with Gasteiger partial charge in [0.15, 0.2) is 0 Å². The van der Waals surface area contributed by atoms with E-state index in [9.17, 15) is 0 Å². The van der Waals surface area contributed by atoms with Gasteiger partial charge in [-0.3, -0.25) is 0 Å². The van der Waals surface area contributed by atoms with Crippen molar-refractivity contribution in [3.05, 3.63) is 28.8 Å². The highest BCUT2D eigenvalue weighted by molar-refractivity contribution is 6.30. The van der Waals surface area contributed by atoms with Gasteiger partial charge in [-0.15, -0.1) is 0 Å². The Bertz CT molecular complexity index is 468. The smallest absolute Gasteiger partial charge is 0.123 e. The molecule has 3 heteroatoms. The molecule has 1 aromatic carbocycles. The van der Waals surface area contributed by atoms with E-state index in [0.717, 1.165) is 36.2 Å². The zero-order valence-corrected chi connectivity index (χ0v) is 12.5. The fourth-order valence-electron chi connectivity index (χ4n) is 3.00. The van der Waals surface area contributed by atoms with Crippen LogP contribution in [0.5, 0.6) is 5.75 Å². The first-order chi connectivity index (χ1) is 9.09. The van der Waals surface area contributed by atoms with E-state index in [2.05, 4.69) is 19.2 Å². The molecular formula is C16H22ClNO. The molecule has 3 rings (SSSR count). The topological polar surface area (TPSA) is 21.3 Å². The second-order valence-electron chi connectivity index (χ2n) is 6.34. The molecule has 1 saturated carbocycles. The Balaban J connectivity index is 1.49. The number of nitrogens with one attached hydrogen (secondary N) is 1. The Morgan fingerprint density at radius 2 is 2.21 bits per heavy atom. The molecule has 104 valence electrons. The number of rotatable bonds is 5. The number of benzene rings is 1. The van der Waals surface area contributed by atoms with Crippen molar-refractivity contribution in [3.8, 4) is 5.75 Å². The van der Waals surface area contributed by atoms with Crippen LogP contribution in [0.15, 0.2) is 18.2 Å². The highest BCUT2D eigenvalue weighted by atomic mass is 35.5. The maximum absolute atomic E-state index is 6.01. The van der Waals surface area contributed by atoms with Gasteiger partial charge in [0.25, 0.3) is 0 Å². The first-order valence-corrected chi connectivity index (χ1v) is 7.63. The zero-order chi connectivity index (χ0) is 13.5.